The Balaban J connectivity index is 2.27. The van der Waals surface area contributed by atoms with E-state index in [0.29, 0.717) is 5.02 Å². The van der Waals surface area contributed by atoms with Crippen LogP contribution < -0.4 is 0 Å². The third kappa shape index (κ3) is 1.66. The van der Waals surface area contributed by atoms with E-state index in [1.54, 1.807) is 36.8 Å². The third-order valence-electron chi connectivity index (χ3n) is 2.47. The molecule has 0 aliphatic rings. The Labute approximate surface area is 101 Å². The van der Waals surface area contributed by atoms with Gasteiger partial charge < -0.3 is 0 Å². The molecular formula is C12H7ClFN3. The number of hydrogen-bond acceptors (Lipinski definition) is 2. The minimum absolute atomic E-state index is 0.255. The van der Waals surface area contributed by atoms with Crippen LogP contribution in [0.2, 0.25) is 5.02 Å². The van der Waals surface area contributed by atoms with Crippen molar-refractivity contribution in [3.8, 4) is 5.69 Å². The Morgan fingerprint density at radius 1 is 1.24 bits per heavy atom. The van der Waals surface area contributed by atoms with Gasteiger partial charge in [0.25, 0.3) is 0 Å². The van der Waals surface area contributed by atoms with Crippen molar-refractivity contribution < 1.29 is 4.39 Å². The maximum Gasteiger partial charge on any atom is 0.150 e. The lowest BCUT2D eigenvalue weighted by molar-refractivity contribution is 0.612. The number of benzene rings is 1. The van der Waals surface area contributed by atoms with E-state index < -0.39 is 5.82 Å². The maximum atomic E-state index is 13.7. The molecule has 0 unspecified atom stereocenters. The summed E-state index contributed by atoms with van der Waals surface area (Å²) in [6.45, 7) is 0. The van der Waals surface area contributed by atoms with Gasteiger partial charge in [0.2, 0.25) is 0 Å². The van der Waals surface area contributed by atoms with E-state index in [9.17, 15) is 4.39 Å². The van der Waals surface area contributed by atoms with E-state index in [1.165, 1.54) is 10.7 Å². The van der Waals surface area contributed by atoms with E-state index in [2.05, 4.69) is 10.1 Å². The molecule has 0 aliphatic carbocycles. The normalized spacial score (nSPS) is 10.9. The van der Waals surface area contributed by atoms with Gasteiger partial charge in [-0.2, -0.15) is 5.10 Å². The minimum Gasteiger partial charge on any atom is -0.264 e. The van der Waals surface area contributed by atoms with Gasteiger partial charge in [0.15, 0.2) is 0 Å². The molecule has 0 N–H and O–H groups in total. The monoisotopic (exact) mass is 247 g/mol. The first kappa shape index (κ1) is 10.2. The zero-order valence-electron chi connectivity index (χ0n) is 8.64. The van der Waals surface area contributed by atoms with Crippen LogP contribution in [0.15, 0.2) is 42.9 Å². The quantitative estimate of drug-likeness (QED) is 0.661. The highest BCUT2D eigenvalue weighted by molar-refractivity contribution is 6.32. The van der Waals surface area contributed by atoms with E-state index in [4.69, 9.17) is 11.6 Å². The van der Waals surface area contributed by atoms with Crippen molar-refractivity contribution in [2.24, 2.45) is 0 Å². The highest BCUT2D eigenvalue weighted by Crippen LogP contribution is 2.24. The molecule has 17 heavy (non-hydrogen) atoms. The molecule has 3 aromatic rings. The number of halogens is 2. The number of hydrogen-bond donors (Lipinski definition) is 0. The number of fused-ring (bicyclic) bond motifs is 1. The van der Waals surface area contributed by atoms with Gasteiger partial charge in [-0.05, 0) is 18.2 Å². The fraction of sp³-hybridized carbons (Fsp3) is 0. The number of para-hydroxylation sites is 1. The molecule has 5 heteroatoms. The van der Waals surface area contributed by atoms with Gasteiger partial charge >= 0.3 is 0 Å². The van der Waals surface area contributed by atoms with Crippen LogP contribution in [0.25, 0.3) is 16.6 Å². The summed E-state index contributed by atoms with van der Waals surface area (Å²) in [7, 11) is 0. The smallest absolute Gasteiger partial charge is 0.150 e. The van der Waals surface area contributed by atoms with Gasteiger partial charge in [-0.1, -0.05) is 17.7 Å². The largest absolute Gasteiger partial charge is 0.264 e. The van der Waals surface area contributed by atoms with Crippen molar-refractivity contribution in [2.45, 2.75) is 0 Å². The average molecular weight is 248 g/mol. The van der Waals surface area contributed by atoms with Crippen LogP contribution in [0, 0.1) is 5.82 Å². The zero-order valence-corrected chi connectivity index (χ0v) is 9.39. The lowest BCUT2D eigenvalue weighted by Gasteiger charge is -2.04. The van der Waals surface area contributed by atoms with Gasteiger partial charge in [0, 0.05) is 24.0 Å². The first-order valence-corrected chi connectivity index (χ1v) is 5.37. The molecule has 0 amide bonds. The number of aromatic nitrogens is 3. The standard InChI is InChI=1S/C12H7ClFN3/c13-9-2-1-3-10(14)12(9)17-7-8-6-15-5-4-11(8)16-17/h1-7H. The molecular weight excluding hydrogens is 241 g/mol. The SMILES string of the molecule is Fc1cccc(Cl)c1-n1cc2cnccc2n1. The Morgan fingerprint density at radius 3 is 2.88 bits per heavy atom. The molecule has 0 aliphatic heterocycles. The summed E-state index contributed by atoms with van der Waals surface area (Å²) >= 11 is 5.98. The lowest BCUT2D eigenvalue weighted by atomic mass is 10.3. The van der Waals surface area contributed by atoms with E-state index in [-0.39, 0.29) is 5.69 Å². The summed E-state index contributed by atoms with van der Waals surface area (Å²) < 4.78 is 15.1. The predicted molar refractivity (Wildman–Crippen MR) is 63.8 cm³/mol. The molecule has 0 fully saturated rings. The summed E-state index contributed by atoms with van der Waals surface area (Å²) in [5.74, 6) is -0.404. The van der Waals surface area contributed by atoms with Gasteiger partial charge in [0.1, 0.15) is 11.5 Å². The maximum absolute atomic E-state index is 13.7. The van der Waals surface area contributed by atoms with Crippen LogP contribution in [-0.4, -0.2) is 14.8 Å². The molecule has 0 radical (unpaired) electrons. The fourth-order valence-electron chi connectivity index (χ4n) is 1.69. The van der Waals surface area contributed by atoms with Gasteiger partial charge in [-0.25, -0.2) is 9.07 Å². The van der Waals surface area contributed by atoms with E-state index in [0.717, 1.165) is 10.9 Å². The topological polar surface area (TPSA) is 30.7 Å². The molecule has 0 spiro atoms. The Hall–Kier alpha value is -1.94. The second kappa shape index (κ2) is 3.82. The van der Waals surface area contributed by atoms with Crippen molar-refractivity contribution >= 4 is 22.5 Å². The number of pyridine rings is 1. The molecule has 0 saturated carbocycles. The third-order valence-corrected chi connectivity index (χ3v) is 2.78. The summed E-state index contributed by atoms with van der Waals surface area (Å²) in [6, 6.07) is 6.31. The van der Waals surface area contributed by atoms with E-state index >= 15 is 0 Å². The lowest BCUT2D eigenvalue weighted by Crippen LogP contribution is -1.98. The first-order chi connectivity index (χ1) is 8.25. The van der Waals surface area contributed by atoms with Crippen LogP contribution in [0.5, 0.6) is 0 Å². The first-order valence-electron chi connectivity index (χ1n) is 4.99. The van der Waals surface area contributed by atoms with Gasteiger partial charge in [-0.15, -0.1) is 0 Å². The molecule has 84 valence electrons. The minimum atomic E-state index is -0.404. The van der Waals surface area contributed by atoms with Crippen molar-refractivity contribution in [3.63, 3.8) is 0 Å². The summed E-state index contributed by atoms with van der Waals surface area (Å²) in [5, 5.41) is 5.42. The molecule has 0 atom stereocenters. The average Bonchev–Trinajstić information content (AvgIpc) is 2.71. The van der Waals surface area contributed by atoms with Crippen molar-refractivity contribution in [3.05, 3.63) is 53.7 Å². The molecule has 2 heterocycles. The molecule has 0 saturated heterocycles. The Kier molecular flexibility index (Phi) is 2.30. The van der Waals surface area contributed by atoms with E-state index in [1.807, 2.05) is 0 Å². The molecule has 2 aromatic heterocycles. The van der Waals surface area contributed by atoms with Crippen molar-refractivity contribution in [2.75, 3.05) is 0 Å². The van der Waals surface area contributed by atoms with Crippen LogP contribution >= 0.6 is 11.6 Å². The summed E-state index contributed by atoms with van der Waals surface area (Å²) in [5.41, 5.74) is 1.00. The highest BCUT2D eigenvalue weighted by Gasteiger charge is 2.11. The van der Waals surface area contributed by atoms with Crippen LogP contribution in [0.4, 0.5) is 4.39 Å². The second-order valence-corrected chi connectivity index (χ2v) is 3.99. The molecule has 3 rings (SSSR count). The molecule has 0 bridgehead atoms. The van der Waals surface area contributed by atoms with Gasteiger partial charge in [0.05, 0.1) is 10.5 Å². The predicted octanol–water partition coefficient (Wildman–Crippen LogP) is 3.21. The van der Waals surface area contributed by atoms with Crippen molar-refractivity contribution in [1.82, 2.24) is 14.8 Å². The summed E-state index contributed by atoms with van der Waals surface area (Å²) in [4.78, 5) is 3.98. The molecule has 1 aromatic carbocycles. The zero-order chi connectivity index (χ0) is 11.8. The van der Waals surface area contributed by atoms with Gasteiger partial charge in [-0.3, -0.25) is 4.98 Å². The summed E-state index contributed by atoms with van der Waals surface area (Å²) in [6.07, 6.45) is 5.02. The second-order valence-electron chi connectivity index (χ2n) is 3.58. The van der Waals surface area contributed by atoms with Crippen LogP contribution in [-0.2, 0) is 0 Å². The number of rotatable bonds is 1. The fourth-order valence-corrected chi connectivity index (χ4v) is 1.94. The van der Waals surface area contributed by atoms with Crippen LogP contribution in [0.1, 0.15) is 0 Å². The van der Waals surface area contributed by atoms with Crippen molar-refractivity contribution in [1.29, 1.82) is 0 Å². The Bertz CT molecular complexity index is 640. The highest BCUT2D eigenvalue weighted by atomic mass is 35.5. The van der Waals surface area contributed by atoms with Crippen LogP contribution in [0.3, 0.4) is 0 Å². The Morgan fingerprint density at radius 2 is 2.12 bits per heavy atom. The number of nitrogens with zero attached hydrogens (tertiary/aromatic N) is 3. The molecule has 3 nitrogen and oxygen atoms in total.